The highest BCUT2D eigenvalue weighted by molar-refractivity contribution is 5.82. The Balaban J connectivity index is 2.34. The number of hydrogen-bond acceptors (Lipinski definition) is 0. The molecule has 0 aliphatic carbocycles. The summed E-state index contributed by atoms with van der Waals surface area (Å²) in [7, 11) is 0. The third-order valence-corrected chi connectivity index (χ3v) is 4.50. The van der Waals surface area contributed by atoms with Crippen molar-refractivity contribution < 1.29 is 0 Å². The van der Waals surface area contributed by atoms with E-state index in [0.29, 0.717) is 0 Å². The predicted molar refractivity (Wildman–Crippen MR) is 99.6 cm³/mol. The lowest BCUT2D eigenvalue weighted by Crippen LogP contribution is -2.01. The summed E-state index contributed by atoms with van der Waals surface area (Å²) in [6, 6.07) is 25.1. The van der Waals surface area contributed by atoms with Crippen LogP contribution < -0.4 is 0 Å². The largest absolute Gasteiger partial charge is 0.0622 e. The van der Waals surface area contributed by atoms with E-state index in [1.807, 2.05) is 0 Å². The molecule has 23 heavy (non-hydrogen) atoms. The second kappa shape index (κ2) is 6.83. The van der Waals surface area contributed by atoms with Crippen molar-refractivity contribution in [3.8, 4) is 22.3 Å². The predicted octanol–water partition coefficient (Wildman–Crippen LogP) is 6.25. The van der Waals surface area contributed by atoms with Crippen molar-refractivity contribution in [1.29, 1.82) is 0 Å². The topological polar surface area (TPSA) is 0 Å². The van der Waals surface area contributed by atoms with Gasteiger partial charge in [-0.15, -0.1) is 0 Å². The molecule has 3 rings (SSSR count). The van der Waals surface area contributed by atoms with Crippen molar-refractivity contribution in [3.05, 3.63) is 83.4 Å². The number of rotatable bonds is 4. The molecule has 3 aromatic carbocycles. The van der Waals surface area contributed by atoms with Crippen molar-refractivity contribution in [1.82, 2.24) is 0 Å². The van der Waals surface area contributed by atoms with E-state index in [2.05, 4.69) is 87.5 Å². The molecule has 0 atom stereocenters. The Morgan fingerprint density at radius 3 is 1.74 bits per heavy atom. The fourth-order valence-electron chi connectivity index (χ4n) is 3.43. The van der Waals surface area contributed by atoms with Crippen molar-refractivity contribution in [2.45, 2.75) is 33.6 Å². The Kier molecular flexibility index (Phi) is 4.62. The van der Waals surface area contributed by atoms with Gasteiger partial charge in [-0.2, -0.15) is 0 Å². The van der Waals surface area contributed by atoms with Crippen LogP contribution in [-0.4, -0.2) is 0 Å². The maximum Gasteiger partial charge on any atom is -0.00610 e. The van der Waals surface area contributed by atoms with Gasteiger partial charge in [0.05, 0.1) is 0 Å². The van der Waals surface area contributed by atoms with Gasteiger partial charge in [0.15, 0.2) is 0 Å². The molecule has 0 fully saturated rings. The molecule has 0 spiro atoms. The van der Waals surface area contributed by atoms with Crippen LogP contribution in [0.3, 0.4) is 0 Å². The number of aryl methyl sites for hydroxylation is 1. The van der Waals surface area contributed by atoms with Gasteiger partial charge >= 0.3 is 0 Å². The van der Waals surface area contributed by atoms with Crippen LogP contribution in [0.5, 0.6) is 0 Å². The van der Waals surface area contributed by atoms with Crippen LogP contribution in [0, 0.1) is 13.0 Å². The minimum Gasteiger partial charge on any atom is -0.0622 e. The van der Waals surface area contributed by atoms with E-state index < -0.39 is 0 Å². The lowest BCUT2D eigenvalue weighted by Gasteiger charge is -2.20. The maximum absolute atomic E-state index is 3.67. The second-order valence-corrected chi connectivity index (χ2v) is 5.90. The highest BCUT2D eigenvalue weighted by Crippen LogP contribution is 2.37. The van der Waals surface area contributed by atoms with E-state index in [1.165, 1.54) is 38.9 Å². The molecule has 0 bridgehead atoms. The monoisotopic (exact) mass is 299 g/mol. The molecule has 0 aliphatic rings. The highest BCUT2D eigenvalue weighted by atomic mass is 14.2. The molecule has 0 unspecified atom stereocenters. The zero-order valence-corrected chi connectivity index (χ0v) is 14.2. The summed E-state index contributed by atoms with van der Waals surface area (Å²) in [4.78, 5) is 0. The lowest BCUT2D eigenvalue weighted by molar-refractivity contribution is 1.07. The Morgan fingerprint density at radius 1 is 0.696 bits per heavy atom. The van der Waals surface area contributed by atoms with Crippen LogP contribution in [0.15, 0.2) is 60.7 Å². The third-order valence-electron chi connectivity index (χ3n) is 4.50. The molecule has 0 aromatic heterocycles. The molecule has 0 amide bonds. The van der Waals surface area contributed by atoms with Gasteiger partial charge in [0.25, 0.3) is 0 Å². The van der Waals surface area contributed by atoms with E-state index in [4.69, 9.17) is 0 Å². The summed E-state index contributed by atoms with van der Waals surface area (Å²) >= 11 is 0. The average Bonchev–Trinajstić information content (AvgIpc) is 2.62. The van der Waals surface area contributed by atoms with Gasteiger partial charge < -0.3 is 0 Å². The van der Waals surface area contributed by atoms with Crippen LogP contribution in [0.25, 0.3) is 22.3 Å². The average molecular weight is 299 g/mol. The summed E-state index contributed by atoms with van der Waals surface area (Å²) in [5.74, 6) is 0. The highest BCUT2D eigenvalue weighted by Gasteiger charge is 2.16. The number of benzene rings is 3. The molecule has 0 heterocycles. The van der Waals surface area contributed by atoms with Gasteiger partial charge in [0, 0.05) is 0 Å². The molecule has 0 saturated carbocycles. The van der Waals surface area contributed by atoms with Crippen molar-refractivity contribution in [3.63, 3.8) is 0 Å². The van der Waals surface area contributed by atoms with Crippen molar-refractivity contribution in [2.75, 3.05) is 0 Å². The van der Waals surface area contributed by atoms with Gasteiger partial charge in [0.2, 0.25) is 0 Å². The first-order chi connectivity index (χ1) is 11.3. The van der Waals surface area contributed by atoms with Gasteiger partial charge in [-0.05, 0) is 64.8 Å². The first-order valence-electron chi connectivity index (χ1n) is 8.44. The summed E-state index contributed by atoms with van der Waals surface area (Å²) < 4.78 is 0. The van der Waals surface area contributed by atoms with Crippen LogP contribution in [-0.2, 0) is 12.8 Å². The van der Waals surface area contributed by atoms with Crippen LogP contribution >= 0.6 is 0 Å². The van der Waals surface area contributed by atoms with E-state index in [-0.39, 0.29) is 0 Å². The van der Waals surface area contributed by atoms with Crippen molar-refractivity contribution >= 4 is 0 Å². The fraction of sp³-hybridized carbons (Fsp3) is 0.217. The van der Waals surface area contributed by atoms with Crippen LogP contribution in [0.2, 0.25) is 0 Å². The zero-order chi connectivity index (χ0) is 16.2. The summed E-state index contributed by atoms with van der Waals surface area (Å²) in [5.41, 5.74) is 9.33. The Labute approximate surface area is 139 Å². The second-order valence-electron chi connectivity index (χ2n) is 5.90. The summed E-state index contributed by atoms with van der Waals surface area (Å²) in [6.07, 6.45) is 2.05. The summed E-state index contributed by atoms with van der Waals surface area (Å²) in [6.45, 7) is 6.68. The minimum absolute atomic E-state index is 1.01. The molecule has 3 aromatic rings. The smallest absolute Gasteiger partial charge is 0.00610 e. The van der Waals surface area contributed by atoms with Gasteiger partial charge in [0.1, 0.15) is 0 Å². The molecular formula is C23H23. The third kappa shape index (κ3) is 2.94. The summed E-state index contributed by atoms with van der Waals surface area (Å²) in [5, 5.41) is 0. The lowest BCUT2D eigenvalue weighted by atomic mass is 9.84. The minimum atomic E-state index is 1.01. The van der Waals surface area contributed by atoms with Gasteiger partial charge in [-0.25, -0.2) is 0 Å². The first-order valence-corrected chi connectivity index (χ1v) is 8.44. The first kappa shape index (κ1) is 15.6. The van der Waals surface area contributed by atoms with Crippen LogP contribution in [0.1, 0.15) is 30.5 Å². The maximum atomic E-state index is 3.67. The van der Waals surface area contributed by atoms with E-state index in [1.54, 1.807) is 0 Å². The Morgan fingerprint density at radius 2 is 1.22 bits per heavy atom. The molecule has 0 nitrogen and oxygen atoms in total. The SMILES string of the molecule is CCc1c(C)[c]c(-c2ccccc2)c(CC)c1-c1ccccc1. The van der Waals surface area contributed by atoms with Gasteiger partial charge in [-0.1, -0.05) is 74.5 Å². The molecule has 1 radical (unpaired) electrons. The molecule has 0 heteroatoms. The molecule has 0 saturated heterocycles. The van der Waals surface area contributed by atoms with Crippen LogP contribution in [0.4, 0.5) is 0 Å². The normalized spacial score (nSPS) is 10.7. The molecular weight excluding hydrogens is 276 g/mol. The zero-order valence-electron chi connectivity index (χ0n) is 14.2. The fourth-order valence-corrected chi connectivity index (χ4v) is 3.43. The molecule has 115 valence electrons. The molecule has 0 N–H and O–H groups in total. The van der Waals surface area contributed by atoms with E-state index in [9.17, 15) is 0 Å². The van der Waals surface area contributed by atoms with Gasteiger partial charge in [-0.3, -0.25) is 0 Å². The van der Waals surface area contributed by atoms with Crippen molar-refractivity contribution in [2.24, 2.45) is 0 Å². The standard InChI is InChI=1S/C23H23/c1-4-20-17(3)16-22(18-12-8-6-9-13-18)21(5-2)23(20)19-14-10-7-11-15-19/h6-15H,4-5H2,1-3H3. The number of hydrogen-bond donors (Lipinski definition) is 0. The molecule has 0 aliphatic heterocycles. The Bertz CT molecular complexity index is 783. The van der Waals surface area contributed by atoms with E-state index in [0.717, 1.165) is 12.8 Å². The van der Waals surface area contributed by atoms with E-state index >= 15 is 0 Å². The Hall–Kier alpha value is -2.34. The quantitative estimate of drug-likeness (QED) is 0.534.